The van der Waals surface area contributed by atoms with Gasteiger partial charge in [0, 0.05) is 12.8 Å². The van der Waals surface area contributed by atoms with Crippen LogP contribution in [0.15, 0.2) is 0 Å². The number of carboxylic acid groups (broad SMARTS) is 1. The Morgan fingerprint density at radius 1 is 1.60 bits per heavy atom. The Hall–Kier alpha value is -1.54. The maximum Gasteiger partial charge on any atom is 0.327 e. The fraction of sp³-hybridized carbons (Fsp3) is 0.600. The molecule has 0 radical (unpaired) electrons. The summed E-state index contributed by atoms with van der Waals surface area (Å²) in [7, 11) is 0. The minimum atomic E-state index is -1.12. The molecule has 2 atom stereocenters. The summed E-state index contributed by atoms with van der Waals surface area (Å²) in [6.45, 7) is 2.21. The van der Waals surface area contributed by atoms with Crippen molar-refractivity contribution in [3.63, 3.8) is 0 Å². The second-order valence-electron chi connectivity index (χ2n) is 3.41. The molecule has 0 aliphatic carbocycles. The zero-order valence-corrected chi connectivity index (χ0v) is 8.69. The lowest BCUT2D eigenvalue weighted by molar-refractivity contribution is -0.141. The standard InChI is InChI=1S/C10H16N2O3/c1-3-4-8(10(14)15)12-9(13)5-7(2)6-11/h1,7-8H,4-6,11H2,2H3,(H,12,13)(H,14,15). The van der Waals surface area contributed by atoms with E-state index in [0.29, 0.717) is 6.54 Å². The van der Waals surface area contributed by atoms with Crippen LogP contribution in [0.1, 0.15) is 19.8 Å². The van der Waals surface area contributed by atoms with Crippen LogP contribution in [-0.2, 0) is 9.59 Å². The Labute approximate surface area is 89.0 Å². The van der Waals surface area contributed by atoms with Crippen molar-refractivity contribution in [2.45, 2.75) is 25.8 Å². The van der Waals surface area contributed by atoms with E-state index >= 15 is 0 Å². The van der Waals surface area contributed by atoms with Crippen LogP contribution in [0.25, 0.3) is 0 Å². The topological polar surface area (TPSA) is 92.4 Å². The molecule has 0 saturated carbocycles. The van der Waals surface area contributed by atoms with Crippen molar-refractivity contribution in [2.75, 3.05) is 6.54 Å². The van der Waals surface area contributed by atoms with E-state index < -0.39 is 12.0 Å². The van der Waals surface area contributed by atoms with Gasteiger partial charge in [0.25, 0.3) is 0 Å². The molecule has 0 aromatic heterocycles. The molecule has 0 aromatic carbocycles. The summed E-state index contributed by atoms with van der Waals surface area (Å²) < 4.78 is 0. The van der Waals surface area contributed by atoms with Gasteiger partial charge in [-0.25, -0.2) is 4.79 Å². The Kier molecular flexibility index (Phi) is 6.14. The van der Waals surface area contributed by atoms with E-state index in [2.05, 4.69) is 11.2 Å². The molecule has 84 valence electrons. The summed E-state index contributed by atoms with van der Waals surface area (Å²) in [6.07, 6.45) is 5.18. The smallest absolute Gasteiger partial charge is 0.327 e. The maximum atomic E-state index is 11.3. The average molecular weight is 212 g/mol. The van der Waals surface area contributed by atoms with E-state index in [9.17, 15) is 9.59 Å². The van der Waals surface area contributed by atoms with Gasteiger partial charge in [-0.15, -0.1) is 12.3 Å². The monoisotopic (exact) mass is 212 g/mol. The molecule has 0 heterocycles. The van der Waals surface area contributed by atoms with Gasteiger partial charge in [-0.3, -0.25) is 4.79 Å². The Balaban J connectivity index is 4.12. The number of terminal acetylenes is 1. The molecule has 0 rings (SSSR count). The number of carbonyl (C=O) groups is 2. The molecule has 5 nitrogen and oxygen atoms in total. The van der Waals surface area contributed by atoms with Gasteiger partial charge in [-0.05, 0) is 12.5 Å². The number of nitrogens with two attached hydrogens (primary N) is 1. The fourth-order valence-electron chi connectivity index (χ4n) is 0.971. The Morgan fingerprint density at radius 3 is 2.60 bits per heavy atom. The highest BCUT2D eigenvalue weighted by molar-refractivity contribution is 5.83. The summed E-state index contributed by atoms with van der Waals surface area (Å²) in [5, 5.41) is 11.1. The number of carboxylic acids is 1. The third-order valence-electron chi connectivity index (χ3n) is 1.89. The quantitative estimate of drug-likeness (QED) is 0.521. The molecule has 4 N–H and O–H groups in total. The van der Waals surface area contributed by atoms with Gasteiger partial charge in [0.15, 0.2) is 0 Å². The van der Waals surface area contributed by atoms with Crippen molar-refractivity contribution >= 4 is 11.9 Å². The first-order chi connectivity index (χ1) is 7.01. The summed E-state index contributed by atoms with van der Waals surface area (Å²) in [5.41, 5.74) is 5.34. The number of carbonyl (C=O) groups excluding carboxylic acids is 1. The van der Waals surface area contributed by atoms with E-state index in [0.717, 1.165) is 0 Å². The lowest BCUT2D eigenvalue weighted by Crippen LogP contribution is -2.41. The van der Waals surface area contributed by atoms with E-state index in [1.54, 1.807) is 0 Å². The van der Waals surface area contributed by atoms with Gasteiger partial charge in [0.2, 0.25) is 5.91 Å². The van der Waals surface area contributed by atoms with Crippen LogP contribution < -0.4 is 11.1 Å². The van der Waals surface area contributed by atoms with Crippen molar-refractivity contribution in [1.82, 2.24) is 5.32 Å². The summed E-state index contributed by atoms with van der Waals surface area (Å²) in [6, 6.07) is -1.01. The average Bonchev–Trinajstić information content (AvgIpc) is 2.16. The number of nitrogens with one attached hydrogen (secondary N) is 1. The first-order valence-corrected chi connectivity index (χ1v) is 4.67. The van der Waals surface area contributed by atoms with Crippen molar-refractivity contribution in [1.29, 1.82) is 0 Å². The van der Waals surface area contributed by atoms with Gasteiger partial charge in [0.1, 0.15) is 6.04 Å². The molecule has 2 unspecified atom stereocenters. The van der Waals surface area contributed by atoms with Crippen LogP contribution in [0, 0.1) is 18.3 Å². The summed E-state index contributed by atoms with van der Waals surface area (Å²) >= 11 is 0. The number of rotatable bonds is 6. The van der Waals surface area contributed by atoms with Crippen molar-refractivity contribution < 1.29 is 14.7 Å². The van der Waals surface area contributed by atoms with Crippen LogP contribution in [0.5, 0.6) is 0 Å². The fourth-order valence-corrected chi connectivity index (χ4v) is 0.971. The number of amides is 1. The molecule has 0 aliphatic rings. The third-order valence-corrected chi connectivity index (χ3v) is 1.89. The zero-order valence-electron chi connectivity index (χ0n) is 8.69. The lowest BCUT2D eigenvalue weighted by atomic mass is 10.1. The molecule has 0 fully saturated rings. The highest BCUT2D eigenvalue weighted by Crippen LogP contribution is 2.00. The second-order valence-corrected chi connectivity index (χ2v) is 3.41. The van der Waals surface area contributed by atoms with Crippen LogP contribution >= 0.6 is 0 Å². The van der Waals surface area contributed by atoms with Gasteiger partial charge in [0.05, 0.1) is 0 Å². The van der Waals surface area contributed by atoms with Crippen LogP contribution in [0.2, 0.25) is 0 Å². The maximum absolute atomic E-state index is 11.3. The predicted molar refractivity (Wildman–Crippen MR) is 55.9 cm³/mol. The van der Waals surface area contributed by atoms with Crippen LogP contribution in [-0.4, -0.2) is 29.6 Å². The van der Waals surface area contributed by atoms with Crippen LogP contribution in [0.3, 0.4) is 0 Å². The third kappa shape index (κ3) is 5.70. The van der Waals surface area contributed by atoms with E-state index in [4.69, 9.17) is 17.3 Å². The lowest BCUT2D eigenvalue weighted by Gasteiger charge is -2.13. The molecule has 1 amide bonds. The molecule has 0 saturated heterocycles. The zero-order chi connectivity index (χ0) is 11.8. The molecule has 0 aromatic rings. The van der Waals surface area contributed by atoms with Gasteiger partial charge < -0.3 is 16.2 Å². The minimum absolute atomic E-state index is 0.0158. The van der Waals surface area contributed by atoms with E-state index in [1.807, 2.05) is 6.92 Å². The van der Waals surface area contributed by atoms with E-state index in [1.165, 1.54) is 0 Å². The van der Waals surface area contributed by atoms with Crippen molar-refractivity contribution in [3.8, 4) is 12.3 Å². The second kappa shape index (κ2) is 6.85. The number of hydrogen-bond acceptors (Lipinski definition) is 3. The Morgan fingerprint density at radius 2 is 2.20 bits per heavy atom. The molecular formula is C10H16N2O3. The summed E-state index contributed by atoms with van der Waals surface area (Å²) in [4.78, 5) is 21.9. The molecule has 5 heteroatoms. The van der Waals surface area contributed by atoms with Crippen molar-refractivity contribution in [2.24, 2.45) is 11.7 Å². The van der Waals surface area contributed by atoms with Gasteiger partial charge in [-0.1, -0.05) is 6.92 Å². The molecular weight excluding hydrogens is 196 g/mol. The largest absolute Gasteiger partial charge is 0.480 e. The van der Waals surface area contributed by atoms with E-state index in [-0.39, 0.29) is 24.7 Å². The first-order valence-electron chi connectivity index (χ1n) is 4.67. The van der Waals surface area contributed by atoms with Gasteiger partial charge in [-0.2, -0.15) is 0 Å². The normalized spacial score (nSPS) is 13.7. The highest BCUT2D eigenvalue weighted by atomic mass is 16.4. The predicted octanol–water partition coefficient (Wildman–Crippen LogP) is -0.436. The van der Waals surface area contributed by atoms with Crippen LogP contribution in [0.4, 0.5) is 0 Å². The molecule has 0 aliphatic heterocycles. The highest BCUT2D eigenvalue weighted by Gasteiger charge is 2.19. The van der Waals surface area contributed by atoms with Crippen molar-refractivity contribution in [3.05, 3.63) is 0 Å². The number of aliphatic carboxylic acids is 1. The number of hydrogen-bond donors (Lipinski definition) is 3. The first kappa shape index (κ1) is 13.5. The minimum Gasteiger partial charge on any atom is -0.480 e. The molecule has 0 spiro atoms. The molecule has 0 bridgehead atoms. The molecule has 15 heavy (non-hydrogen) atoms. The summed E-state index contributed by atoms with van der Waals surface area (Å²) in [5.74, 6) is 0.773. The SMILES string of the molecule is C#CCC(NC(=O)CC(C)CN)C(=O)O. The van der Waals surface area contributed by atoms with Gasteiger partial charge >= 0.3 is 5.97 Å². The Bertz CT molecular complexity index is 270.